The molecule has 40 heavy (non-hydrogen) atoms. The van der Waals surface area contributed by atoms with Crippen LogP contribution in [0.25, 0.3) is 16.6 Å². The lowest BCUT2D eigenvalue weighted by Crippen LogP contribution is -2.36. The molecule has 210 valence electrons. The molecule has 4 aromatic rings. The summed E-state index contributed by atoms with van der Waals surface area (Å²) in [6.45, 7) is 3.47. The minimum absolute atomic E-state index is 0.206. The van der Waals surface area contributed by atoms with E-state index in [4.69, 9.17) is 15.2 Å². The standard InChI is InChI=1S/C26H25F4N7O3/c1-39-22-10-15(2-5-20(22)34-25(38)35-21-11-16(26(28,29)30)3-4-19(21)27)18-12-17(13-36-6-8-40-9-7-36)37-23(18)24(31)32-14-33-37/h2-5,10-12,14H,6-9,13H2,1H3,(H2,31,32,33)(H2,34,35,38). The van der Waals surface area contributed by atoms with Crippen molar-refractivity contribution >= 4 is 28.7 Å². The molecule has 0 atom stereocenters. The van der Waals surface area contributed by atoms with E-state index >= 15 is 0 Å². The van der Waals surface area contributed by atoms with Gasteiger partial charge in [-0.25, -0.2) is 18.7 Å². The average molecular weight is 560 g/mol. The number of anilines is 3. The van der Waals surface area contributed by atoms with Gasteiger partial charge in [0, 0.05) is 25.2 Å². The minimum Gasteiger partial charge on any atom is -0.495 e. The van der Waals surface area contributed by atoms with E-state index in [1.807, 2.05) is 6.07 Å². The predicted octanol–water partition coefficient (Wildman–Crippen LogP) is 4.62. The Hall–Kier alpha value is -4.43. The van der Waals surface area contributed by atoms with Crippen LogP contribution in [0.2, 0.25) is 0 Å². The Balaban J connectivity index is 1.41. The van der Waals surface area contributed by atoms with Crippen LogP contribution in [0.4, 0.5) is 39.5 Å². The lowest BCUT2D eigenvalue weighted by atomic mass is 10.1. The molecule has 3 heterocycles. The van der Waals surface area contributed by atoms with Gasteiger partial charge in [-0.3, -0.25) is 4.90 Å². The fraction of sp³-hybridized carbons (Fsp3) is 0.269. The quantitative estimate of drug-likeness (QED) is 0.295. The van der Waals surface area contributed by atoms with Gasteiger partial charge in [-0.05, 0) is 42.0 Å². The van der Waals surface area contributed by atoms with Gasteiger partial charge in [-0.1, -0.05) is 6.07 Å². The number of methoxy groups -OCH3 is 1. The largest absolute Gasteiger partial charge is 0.495 e. The molecule has 4 N–H and O–H groups in total. The molecule has 0 radical (unpaired) electrons. The van der Waals surface area contributed by atoms with E-state index in [1.165, 1.54) is 13.4 Å². The monoisotopic (exact) mass is 559 g/mol. The minimum atomic E-state index is -4.70. The van der Waals surface area contributed by atoms with Crippen LogP contribution in [-0.2, 0) is 17.5 Å². The van der Waals surface area contributed by atoms with E-state index in [0.29, 0.717) is 49.0 Å². The van der Waals surface area contributed by atoms with Crippen molar-refractivity contribution in [3.8, 4) is 16.9 Å². The number of hydrogen-bond acceptors (Lipinski definition) is 7. The third kappa shape index (κ3) is 5.62. The summed E-state index contributed by atoms with van der Waals surface area (Å²) in [6.07, 6.45) is -3.31. The number of morpholine rings is 1. The summed E-state index contributed by atoms with van der Waals surface area (Å²) in [5, 5.41) is 8.99. The van der Waals surface area contributed by atoms with Crippen molar-refractivity contribution in [1.82, 2.24) is 19.5 Å². The zero-order valence-electron chi connectivity index (χ0n) is 21.3. The fourth-order valence-corrected chi connectivity index (χ4v) is 4.49. The molecule has 0 unspecified atom stereocenters. The smallest absolute Gasteiger partial charge is 0.416 e. The van der Waals surface area contributed by atoms with Crippen LogP contribution < -0.4 is 21.1 Å². The molecule has 2 aromatic heterocycles. The zero-order chi connectivity index (χ0) is 28.4. The molecule has 1 aliphatic rings. The van der Waals surface area contributed by atoms with Crippen molar-refractivity contribution in [2.45, 2.75) is 12.7 Å². The molecule has 1 aliphatic heterocycles. The Morgan fingerprint density at radius 3 is 2.58 bits per heavy atom. The van der Waals surface area contributed by atoms with Crippen molar-refractivity contribution in [1.29, 1.82) is 0 Å². The van der Waals surface area contributed by atoms with Gasteiger partial charge >= 0.3 is 12.2 Å². The molecule has 0 bridgehead atoms. The van der Waals surface area contributed by atoms with E-state index in [0.717, 1.165) is 24.3 Å². The highest BCUT2D eigenvalue weighted by atomic mass is 19.4. The highest BCUT2D eigenvalue weighted by molar-refractivity contribution is 6.01. The molecule has 14 heteroatoms. The summed E-state index contributed by atoms with van der Waals surface area (Å²) >= 11 is 0. The molecule has 1 fully saturated rings. The number of nitrogens with one attached hydrogen (secondary N) is 2. The Kier molecular flexibility index (Phi) is 7.45. The molecule has 2 aromatic carbocycles. The Morgan fingerprint density at radius 2 is 1.85 bits per heavy atom. The van der Waals surface area contributed by atoms with E-state index in [-0.39, 0.29) is 17.3 Å². The van der Waals surface area contributed by atoms with Crippen LogP contribution in [0.15, 0.2) is 48.8 Å². The molecule has 0 spiro atoms. The Labute approximate surface area is 225 Å². The lowest BCUT2D eigenvalue weighted by molar-refractivity contribution is -0.137. The van der Waals surface area contributed by atoms with Crippen molar-refractivity contribution < 1.29 is 31.8 Å². The van der Waals surface area contributed by atoms with Gasteiger partial charge < -0.3 is 25.8 Å². The number of fused-ring (bicyclic) bond motifs is 1. The third-order valence-electron chi connectivity index (χ3n) is 6.45. The summed E-state index contributed by atoms with van der Waals surface area (Å²) in [7, 11) is 1.40. The van der Waals surface area contributed by atoms with Crippen LogP contribution >= 0.6 is 0 Å². The maximum Gasteiger partial charge on any atom is 0.416 e. The maximum atomic E-state index is 14.1. The number of aromatic nitrogens is 3. The number of nitrogen functional groups attached to an aromatic ring is 1. The van der Waals surface area contributed by atoms with Crippen molar-refractivity contribution in [3.05, 3.63) is 65.9 Å². The van der Waals surface area contributed by atoms with Crippen LogP contribution in [-0.4, -0.2) is 58.9 Å². The second kappa shape index (κ2) is 11.0. The number of halogens is 4. The van der Waals surface area contributed by atoms with Gasteiger partial charge in [0.05, 0.1) is 43.0 Å². The van der Waals surface area contributed by atoms with E-state index in [9.17, 15) is 22.4 Å². The predicted molar refractivity (Wildman–Crippen MR) is 140 cm³/mol. The number of ether oxygens (including phenoxy) is 2. The summed E-state index contributed by atoms with van der Waals surface area (Å²) in [6, 6.07) is 7.69. The summed E-state index contributed by atoms with van der Waals surface area (Å²) in [5.41, 5.74) is 7.65. The number of benzene rings is 2. The maximum absolute atomic E-state index is 14.1. The van der Waals surface area contributed by atoms with Crippen LogP contribution in [0.3, 0.4) is 0 Å². The van der Waals surface area contributed by atoms with Crippen LogP contribution in [0.1, 0.15) is 11.3 Å². The normalized spacial score (nSPS) is 14.3. The van der Waals surface area contributed by atoms with E-state index in [2.05, 4.69) is 25.6 Å². The number of amides is 2. The first-order valence-electron chi connectivity index (χ1n) is 12.2. The topological polar surface area (TPSA) is 119 Å². The SMILES string of the molecule is COc1cc(-c2cc(CN3CCOCC3)n3ncnc(N)c23)ccc1NC(=O)Nc1cc(C(F)(F)F)ccc1F. The number of rotatable bonds is 6. The van der Waals surface area contributed by atoms with Gasteiger partial charge in [-0.15, -0.1) is 0 Å². The molecular formula is C26H25F4N7O3. The summed E-state index contributed by atoms with van der Waals surface area (Å²) < 4.78 is 65.8. The zero-order valence-corrected chi connectivity index (χ0v) is 21.3. The Bertz CT molecular complexity index is 1550. The van der Waals surface area contributed by atoms with Gasteiger partial charge in [0.25, 0.3) is 0 Å². The number of hydrogen-bond donors (Lipinski definition) is 3. The molecule has 1 saturated heterocycles. The van der Waals surface area contributed by atoms with E-state index < -0.39 is 29.3 Å². The van der Waals surface area contributed by atoms with Crippen molar-refractivity contribution in [3.63, 3.8) is 0 Å². The van der Waals surface area contributed by atoms with Crippen molar-refractivity contribution in [2.75, 3.05) is 49.8 Å². The van der Waals surface area contributed by atoms with Gasteiger partial charge in [0.15, 0.2) is 5.82 Å². The highest BCUT2D eigenvalue weighted by Crippen LogP contribution is 2.36. The molecular weight excluding hydrogens is 534 g/mol. The molecule has 5 rings (SSSR count). The first-order valence-corrected chi connectivity index (χ1v) is 12.2. The second-order valence-corrected chi connectivity index (χ2v) is 9.03. The number of nitrogens with two attached hydrogens (primary N) is 1. The molecule has 10 nitrogen and oxygen atoms in total. The third-order valence-corrected chi connectivity index (χ3v) is 6.45. The Morgan fingerprint density at radius 1 is 1.10 bits per heavy atom. The number of nitrogens with zero attached hydrogens (tertiary/aromatic N) is 4. The molecule has 0 saturated carbocycles. The van der Waals surface area contributed by atoms with Gasteiger partial charge in [-0.2, -0.15) is 18.3 Å². The highest BCUT2D eigenvalue weighted by Gasteiger charge is 2.31. The first-order chi connectivity index (χ1) is 19.1. The van der Waals surface area contributed by atoms with Crippen LogP contribution in [0.5, 0.6) is 5.75 Å². The van der Waals surface area contributed by atoms with Crippen molar-refractivity contribution in [2.24, 2.45) is 0 Å². The number of carbonyl (C=O) groups is 1. The fourth-order valence-electron chi connectivity index (χ4n) is 4.49. The lowest BCUT2D eigenvalue weighted by Gasteiger charge is -2.26. The first kappa shape index (κ1) is 27.1. The van der Waals surface area contributed by atoms with Gasteiger partial charge in [0.1, 0.15) is 23.4 Å². The number of alkyl halides is 3. The summed E-state index contributed by atoms with van der Waals surface area (Å²) in [4.78, 5) is 18.9. The number of urea groups is 1. The average Bonchev–Trinajstić information content (AvgIpc) is 3.29. The second-order valence-electron chi connectivity index (χ2n) is 9.03. The molecule has 2 amide bonds. The summed E-state index contributed by atoms with van der Waals surface area (Å²) in [5.74, 6) is -0.484. The van der Waals surface area contributed by atoms with Crippen LogP contribution in [0, 0.1) is 5.82 Å². The number of carbonyl (C=O) groups excluding carboxylic acids is 1. The molecule has 0 aliphatic carbocycles. The van der Waals surface area contributed by atoms with Gasteiger partial charge in [0.2, 0.25) is 0 Å². The van der Waals surface area contributed by atoms with E-state index in [1.54, 1.807) is 22.7 Å².